The molecule has 0 bridgehead atoms. The Hall–Kier alpha value is -1.45. The number of aliphatic hydroxyl groups excluding tert-OH is 1. The summed E-state index contributed by atoms with van der Waals surface area (Å²) in [5.74, 6) is 0. The van der Waals surface area contributed by atoms with Crippen molar-refractivity contribution in [2.75, 3.05) is 0 Å². The van der Waals surface area contributed by atoms with Gasteiger partial charge in [-0.25, -0.2) is 0 Å². The maximum Gasteiger partial charge on any atom is 0.164 e. The van der Waals surface area contributed by atoms with Crippen LogP contribution >= 0.6 is 0 Å². The van der Waals surface area contributed by atoms with Crippen molar-refractivity contribution in [2.45, 2.75) is 37.8 Å². The van der Waals surface area contributed by atoms with Crippen molar-refractivity contribution < 1.29 is 5.11 Å². The fourth-order valence-electron chi connectivity index (χ4n) is 3.06. The van der Waals surface area contributed by atoms with Crippen molar-refractivity contribution >= 4 is 11.9 Å². The van der Waals surface area contributed by atoms with E-state index in [9.17, 15) is 5.11 Å². The van der Waals surface area contributed by atoms with Crippen LogP contribution in [0.25, 0.3) is 0 Å². The van der Waals surface area contributed by atoms with Crippen molar-refractivity contribution in [1.29, 1.82) is 0 Å². The molecule has 1 aliphatic heterocycles. The summed E-state index contributed by atoms with van der Waals surface area (Å²) in [5, 5.41) is 14.4. The molecule has 3 rings (SSSR count). The molecule has 94 valence electrons. The highest BCUT2D eigenvalue weighted by atomic mass is 16.3. The molecular formula is C15H19N2O+. The van der Waals surface area contributed by atoms with Gasteiger partial charge in [0, 0.05) is 31.1 Å². The zero-order valence-electron chi connectivity index (χ0n) is 10.4. The fraction of sp³-hybridized carbons (Fsp3) is 0.400. The van der Waals surface area contributed by atoms with Crippen molar-refractivity contribution in [3.63, 3.8) is 0 Å². The largest absolute Gasteiger partial charge is 0.393 e. The number of hydrogen-bond acceptors (Lipinski definition) is 2. The van der Waals surface area contributed by atoms with Crippen LogP contribution in [0.2, 0.25) is 0 Å². The monoisotopic (exact) mass is 243 g/mol. The molecule has 1 fully saturated rings. The normalized spacial score (nSPS) is 34.9. The lowest BCUT2D eigenvalue weighted by Gasteiger charge is -2.37. The van der Waals surface area contributed by atoms with Crippen LogP contribution in [0, 0.1) is 0 Å². The van der Waals surface area contributed by atoms with Gasteiger partial charge in [-0.1, -0.05) is 23.3 Å². The Labute approximate surface area is 108 Å². The first-order valence-corrected chi connectivity index (χ1v) is 6.67. The average Bonchev–Trinajstić information content (AvgIpc) is 2.91. The molecule has 0 radical (unpaired) electrons. The van der Waals surface area contributed by atoms with E-state index in [0.717, 1.165) is 25.7 Å². The van der Waals surface area contributed by atoms with Crippen LogP contribution in [-0.4, -0.2) is 23.5 Å². The van der Waals surface area contributed by atoms with Gasteiger partial charge >= 0.3 is 0 Å². The third kappa shape index (κ3) is 1.89. The predicted molar refractivity (Wildman–Crippen MR) is 74.1 cm³/mol. The third-order valence-electron chi connectivity index (χ3n) is 4.05. The van der Waals surface area contributed by atoms with Crippen LogP contribution in [0.1, 0.15) is 25.7 Å². The van der Waals surface area contributed by atoms with E-state index in [1.165, 1.54) is 5.69 Å². The molecule has 1 unspecified atom stereocenters. The van der Waals surface area contributed by atoms with Gasteiger partial charge in [-0.15, -0.1) is 4.59 Å². The lowest BCUT2D eigenvalue weighted by molar-refractivity contribution is 0.0940. The van der Waals surface area contributed by atoms with Gasteiger partial charge in [0.25, 0.3) is 0 Å². The molecule has 1 saturated carbocycles. The number of nitrogens with zero attached hydrogens (tertiary/aromatic N) is 2. The number of rotatable bonds is 2. The van der Waals surface area contributed by atoms with Crippen LogP contribution in [0.4, 0.5) is 5.69 Å². The molecule has 0 spiro atoms. The van der Waals surface area contributed by atoms with Crippen molar-refractivity contribution in [1.82, 2.24) is 4.59 Å². The van der Waals surface area contributed by atoms with E-state index in [4.69, 9.17) is 5.10 Å². The molecule has 3 heteroatoms. The molecule has 2 aliphatic rings. The minimum Gasteiger partial charge on any atom is -0.393 e. The second-order valence-corrected chi connectivity index (χ2v) is 5.14. The van der Waals surface area contributed by atoms with E-state index >= 15 is 0 Å². The first-order valence-electron chi connectivity index (χ1n) is 6.67. The standard InChI is InChI=1S/C15H19N2O/c18-15-9-7-14(8-10-15)17(12-4-11-16-17)13-5-2-1-3-6-13/h1-6,11-12,14-15,18H,7-10H2/q+1/t14-,15+,17?. The topological polar surface area (TPSA) is 32.6 Å². The number of aliphatic hydroxyl groups is 1. The van der Waals surface area contributed by atoms with Gasteiger partial charge in [-0.2, -0.15) is 0 Å². The molecule has 0 amide bonds. The Kier molecular flexibility index (Phi) is 3.02. The first-order chi connectivity index (χ1) is 8.81. The second kappa shape index (κ2) is 4.67. The van der Waals surface area contributed by atoms with Gasteiger partial charge in [-0.3, -0.25) is 0 Å². The Morgan fingerprint density at radius 1 is 1.06 bits per heavy atom. The number of allylic oxidation sites excluding steroid dienone is 1. The summed E-state index contributed by atoms with van der Waals surface area (Å²) in [6, 6.07) is 10.9. The molecule has 1 aromatic rings. The molecule has 3 nitrogen and oxygen atoms in total. The molecule has 1 aliphatic carbocycles. The van der Waals surface area contributed by atoms with E-state index in [-0.39, 0.29) is 6.10 Å². The van der Waals surface area contributed by atoms with Gasteiger partial charge in [-0.05, 0) is 12.8 Å². The molecule has 1 heterocycles. The Morgan fingerprint density at radius 3 is 2.39 bits per heavy atom. The summed E-state index contributed by atoms with van der Waals surface area (Å²) >= 11 is 0. The maximum atomic E-state index is 9.66. The molecule has 1 atom stereocenters. The van der Waals surface area contributed by atoms with Crippen molar-refractivity contribution in [3.05, 3.63) is 42.6 Å². The van der Waals surface area contributed by atoms with Crippen LogP contribution < -0.4 is 4.59 Å². The molecular weight excluding hydrogens is 224 g/mol. The zero-order chi connectivity index (χ0) is 12.4. The minimum atomic E-state index is -0.118. The summed E-state index contributed by atoms with van der Waals surface area (Å²) in [4.78, 5) is 0. The van der Waals surface area contributed by atoms with E-state index in [1.54, 1.807) is 0 Å². The quantitative estimate of drug-likeness (QED) is 0.796. The molecule has 0 saturated heterocycles. The number of benzene rings is 1. The number of para-hydroxylation sites is 1. The average molecular weight is 243 g/mol. The molecule has 1 aromatic carbocycles. The Balaban J connectivity index is 1.93. The summed E-state index contributed by atoms with van der Waals surface area (Å²) in [6.07, 6.45) is 9.79. The summed E-state index contributed by atoms with van der Waals surface area (Å²) in [6.45, 7) is 0. The third-order valence-corrected chi connectivity index (χ3v) is 4.05. The van der Waals surface area contributed by atoms with Crippen molar-refractivity contribution in [3.8, 4) is 0 Å². The van der Waals surface area contributed by atoms with Crippen LogP contribution in [0.15, 0.2) is 47.7 Å². The predicted octanol–water partition coefficient (Wildman–Crippen LogP) is 2.81. The lowest BCUT2D eigenvalue weighted by Crippen LogP contribution is -2.48. The smallest absolute Gasteiger partial charge is 0.164 e. The van der Waals surface area contributed by atoms with Gasteiger partial charge in [0.2, 0.25) is 0 Å². The molecule has 0 aromatic heterocycles. The zero-order valence-corrected chi connectivity index (χ0v) is 10.4. The van der Waals surface area contributed by atoms with E-state index < -0.39 is 0 Å². The Bertz CT molecular complexity index is 447. The van der Waals surface area contributed by atoms with Crippen LogP contribution in [-0.2, 0) is 0 Å². The fourth-order valence-corrected chi connectivity index (χ4v) is 3.06. The van der Waals surface area contributed by atoms with Crippen LogP contribution in [0.5, 0.6) is 0 Å². The number of hydrogen-bond donors (Lipinski definition) is 1. The van der Waals surface area contributed by atoms with E-state index in [0.29, 0.717) is 10.6 Å². The van der Waals surface area contributed by atoms with Gasteiger partial charge in [0.15, 0.2) is 5.69 Å². The van der Waals surface area contributed by atoms with Crippen LogP contribution in [0.3, 0.4) is 0 Å². The second-order valence-electron chi connectivity index (χ2n) is 5.14. The number of quaternary nitrogens is 1. The first kappa shape index (κ1) is 11.6. The SMILES string of the molecule is O[C@H]1CC[C@@H]([N+]2(c3ccccc3)C=CC=N2)CC1. The molecule has 1 N–H and O–H groups in total. The highest BCUT2D eigenvalue weighted by Gasteiger charge is 2.41. The molecule has 18 heavy (non-hydrogen) atoms. The maximum absolute atomic E-state index is 9.66. The van der Waals surface area contributed by atoms with E-state index in [1.807, 2.05) is 18.4 Å². The highest BCUT2D eigenvalue weighted by molar-refractivity contribution is 5.75. The highest BCUT2D eigenvalue weighted by Crippen LogP contribution is 2.36. The van der Waals surface area contributed by atoms with Gasteiger partial charge < -0.3 is 5.11 Å². The van der Waals surface area contributed by atoms with E-state index in [2.05, 4.69) is 30.5 Å². The minimum absolute atomic E-state index is 0.118. The summed E-state index contributed by atoms with van der Waals surface area (Å²) in [7, 11) is 0. The van der Waals surface area contributed by atoms with Gasteiger partial charge in [0.1, 0.15) is 12.2 Å². The Morgan fingerprint density at radius 2 is 1.78 bits per heavy atom. The summed E-state index contributed by atoms with van der Waals surface area (Å²) in [5.41, 5.74) is 1.21. The summed E-state index contributed by atoms with van der Waals surface area (Å²) < 4.78 is 0.577. The van der Waals surface area contributed by atoms with Gasteiger partial charge in [0.05, 0.1) is 12.3 Å². The lowest BCUT2D eigenvalue weighted by atomic mass is 9.91. The van der Waals surface area contributed by atoms with Crippen molar-refractivity contribution in [2.24, 2.45) is 5.10 Å².